The molecule has 2 aliphatic rings. The maximum absolute atomic E-state index is 15.3. The molecule has 0 aliphatic carbocycles. The van der Waals surface area contributed by atoms with E-state index >= 15 is 4.39 Å². The third-order valence-electron chi connectivity index (χ3n) is 9.12. The summed E-state index contributed by atoms with van der Waals surface area (Å²) in [7, 11) is 3.49. The molecule has 2 aromatic carbocycles. The molecule has 0 radical (unpaired) electrons. The molecule has 2 fully saturated rings. The van der Waals surface area contributed by atoms with Gasteiger partial charge in [0.1, 0.15) is 48.1 Å². The number of amides is 1. The molecule has 5 aromatic rings. The van der Waals surface area contributed by atoms with Crippen LogP contribution in [0.4, 0.5) is 21.6 Å². The molecule has 14 nitrogen and oxygen atoms in total. The number of likely N-dealkylation sites (tertiary alicyclic amines) is 1. The van der Waals surface area contributed by atoms with Gasteiger partial charge in [0, 0.05) is 55.5 Å². The normalized spacial score (nSPS) is 17.2. The van der Waals surface area contributed by atoms with Crippen LogP contribution in [0.2, 0.25) is 0 Å². The summed E-state index contributed by atoms with van der Waals surface area (Å²) in [5.41, 5.74) is 2.98. The van der Waals surface area contributed by atoms with Crippen LogP contribution in [0.5, 0.6) is 23.0 Å². The summed E-state index contributed by atoms with van der Waals surface area (Å²) in [6.45, 7) is 6.78. The van der Waals surface area contributed by atoms with E-state index in [1.165, 1.54) is 18.7 Å². The van der Waals surface area contributed by atoms with Crippen molar-refractivity contribution in [3.8, 4) is 23.0 Å². The summed E-state index contributed by atoms with van der Waals surface area (Å²) >= 11 is 0. The Balaban J connectivity index is 1.17. The molecule has 3 aromatic heterocycles. The van der Waals surface area contributed by atoms with Gasteiger partial charge < -0.3 is 29.6 Å². The number of carbonyl (C=O) groups excluding carboxylic acids is 1. The van der Waals surface area contributed by atoms with Gasteiger partial charge in [0.15, 0.2) is 11.5 Å². The quantitative estimate of drug-likeness (QED) is 0.167. The zero-order valence-corrected chi connectivity index (χ0v) is 28.8. The third kappa shape index (κ3) is 7.85. The number of carbonyl (C=O) groups is 1. The number of methoxy groups -OCH3 is 1. The largest absolute Gasteiger partial charge is 0.494 e. The third-order valence-corrected chi connectivity index (χ3v) is 9.12. The van der Waals surface area contributed by atoms with Gasteiger partial charge in [0.2, 0.25) is 0 Å². The van der Waals surface area contributed by atoms with Gasteiger partial charge in [-0.15, -0.1) is 0 Å². The summed E-state index contributed by atoms with van der Waals surface area (Å²) in [5, 5.41) is 10.8. The highest BCUT2D eigenvalue weighted by Crippen LogP contribution is 2.39. The monoisotopic (exact) mass is 697 g/mol. The van der Waals surface area contributed by atoms with Crippen molar-refractivity contribution in [1.82, 2.24) is 34.4 Å². The van der Waals surface area contributed by atoms with Crippen molar-refractivity contribution in [3.05, 3.63) is 72.7 Å². The molecule has 1 unspecified atom stereocenters. The topological polar surface area (TPSA) is 141 Å². The van der Waals surface area contributed by atoms with Crippen molar-refractivity contribution in [2.45, 2.75) is 25.8 Å². The summed E-state index contributed by atoms with van der Waals surface area (Å²) < 4.78 is 40.5. The van der Waals surface area contributed by atoms with E-state index < -0.39 is 11.7 Å². The van der Waals surface area contributed by atoms with Crippen molar-refractivity contribution in [1.29, 1.82) is 0 Å². The van der Waals surface area contributed by atoms with Gasteiger partial charge >= 0.3 is 0 Å². The van der Waals surface area contributed by atoms with Crippen LogP contribution in [-0.4, -0.2) is 106 Å². The Hall–Kier alpha value is -5.38. The number of pyridine rings is 1. The first kappa shape index (κ1) is 34.1. The Kier molecular flexibility index (Phi) is 10.2. The van der Waals surface area contributed by atoms with E-state index in [2.05, 4.69) is 35.6 Å². The number of morpholine rings is 1. The number of nitrogens with one attached hydrogen (secondary N) is 2. The minimum atomic E-state index is -0.852. The van der Waals surface area contributed by atoms with Gasteiger partial charge in [-0.25, -0.2) is 23.9 Å². The zero-order chi connectivity index (χ0) is 35.3. The summed E-state index contributed by atoms with van der Waals surface area (Å²) in [4.78, 5) is 30.7. The van der Waals surface area contributed by atoms with E-state index in [0.717, 1.165) is 38.0 Å². The van der Waals surface area contributed by atoms with E-state index in [0.29, 0.717) is 83.1 Å². The smallest absolute Gasteiger partial charge is 0.284 e. The number of ether oxygens (including phenoxy) is 4. The van der Waals surface area contributed by atoms with Crippen LogP contribution in [0.3, 0.4) is 0 Å². The van der Waals surface area contributed by atoms with Crippen LogP contribution in [-0.2, 0) is 9.53 Å². The van der Waals surface area contributed by atoms with Crippen molar-refractivity contribution < 1.29 is 28.1 Å². The Bertz CT molecular complexity index is 2070. The number of rotatable bonds is 12. The molecule has 2 N–H and O–H groups in total. The van der Waals surface area contributed by atoms with Crippen LogP contribution in [0, 0.1) is 6.92 Å². The van der Waals surface area contributed by atoms with Crippen LogP contribution in [0.25, 0.3) is 16.6 Å². The maximum Gasteiger partial charge on any atom is 0.284 e. The number of hydrogen-bond donors (Lipinski definition) is 2. The van der Waals surface area contributed by atoms with Crippen molar-refractivity contribution >= 4 is 39.6 Å². The molecule has 2 aliphatic heterocycles. The molecular formula is C36H40FN9O5. The van der Waals surface area contributed by atoms with Gasteiger partial charge in [-0.05, 0) is 63.2 Å². The molecule has 51 heavy (non-hydrogen) atoms. The molecule has 2 saturated heterocycles. The molecule has 0 saturated carbocycles. The highest BCUT2D eigenvalue weighted by molar-refractivity contribution is 6.05. The van der Waals surface area contributed by atoms with Gasteiger partial charge in [0.05, 0.1) is 37.2 Å². The maximum atomic E-state index is 15.3. The predicted molar refractivity (Wildman–Crippen MR) is 190 cm³/mol. The first-order chi connectivity index (χ1) is 24.8. The Labute approximate surface area is 294 Å². The number of fused-ring (bicyclic) bond motifs is 2. The first-order valence-electron chi connectivity index (χ1n) is 16.9. The van der Waals surface area contributed by atoms with Crippen LogP contribution >= 0.6 is 0 Å². The Morgan fingerprint density at radius 2 is 1.90 bits per heavy atom. The lowest BCUT2D eigenvalue weighted by molar-refractivity contribution is -0.114. The summed E-state index contributed by atoms with van der Waals surface area (Å²) in [6, 6.07) is 10.6. The van der Waals surface area contributed by atoms with Crippen molar-refractivity contribution in [2.24, 2.45) is 0 Å². The summed E-state index contributed by atoms with van der Waals surface area (Å²) in [5.74, 6) is 0.821. The SMILES string of the molecule is COc1cc(Oc2ccn3ncnc3c2)c(C)cc1Nc1ncnc2cc(OCCN3CCOCC3)c(NC(=O)/C(F)=C/C3CCCN3C)cc12. The lowest BCUT2D eigenvalue weighted by Crippen LogP contribution is -2.38. The number of halogens is 1. The van der Waals surface area contributed by atoms with E-state index in [9.17, 15) is 4.79 Å². The first-order valence-corrected chi connectivity index (χ1v) is 16.9. The fourth-order valence-corrected chi connectivity index (χ4v) is 6.24. The highest BCUT2D eigenvalue weighted by atomic mass is 19.1. The van der Waals surface area contributed by atoms with Crippen molar-refractivity contribution in [2.75, 3.05) is 70.8 Å². The second-order valence-electron chi connectivity index (χ2n) is 12.5. The van der Waals surface area contributed by atoms with E-state index in [-0.39, 0.29) is 6.04 Å². The minimum absolute atomic E-state index is 0.131. The van der Waals surface area contributed by atoms with E-state index in [4.69, 9.17) is 18.9 Å². The number of benzene rings is 2. The van der Waals surface area contributed by atoms with Crippen molar-refractivity contribution in [3.63, 3.8) is 0 Å². The minimum Gasteiger partial charge on any atom is -0.494 e. The zero-order valence-electron chi connectivity index (χ0n) is 28.8. The second-order valence-corrected chi connectivity index (χ2v) is 12.5. The second kappa shape index (κ2) is 15.2. The lowest BCUT2D eigenvalue weighted by Gasteiger charge is -2.26. The molecule has 5 heterocycles. The molecule has 1 amide bonds. The van der Waals surface area contributed by atoms with Gasteiger partial charge in [-0.2, -0.15) is 5.10 Å². The average molecular weight is 698 g/mol. The van der Waals surface area contributed by atoms with Gasteiger partial charge in [0.25, 0.3) is 5.91 Å². The standard InChI is InChI=1S/C36H40FN9O5/c1-23-15-29(32(48-3)20-31(23)51-25-6-8-46-34(17-25)39-22-41-46)42-35-26-18-30(43-36(47)27(37)16-24-5-4-7-44(24)2)33(19-28(26)38-21-40-35)50-14-11-45-9-12-49-13-10-45/h6,8,15-22,24H,4-5,7,9-14H2,1-3H3,(H,43,47)(H,38,40,42)/b27-16-. The molecule has 266 valence electrons. The molecular weight excluding hydrogens is 657 g/mol. The van der Waals surface area contributed by atoms with Gasteiger partial charge in [-0.1, -0.05) is 0 Å². The van der Waals surface area contributed by atoms with E-state index in [1.54, 1.807) is 48.2 Å². The Morgan fingerprint density at radius 3 is 2.71 bits per heavy atom. The number of nitrogens with zero attached hydrogens (tertiary/aromatic N) is 7. The molecule has 7 rings (SSSR count). The molecule has 1 atom stereocenters. The van der Waals surface area contributed by atoms with Gasteiger partial charge in [-0.3, -0.25) is 14.6 Å². The summed E-state index contributed by atoms with van der Waals surface area (Å²) in [6.07, 6.45) is 7.83. The number of aromatic nitrogens is 5. The number of likely N-dealkylation sites (N-methyl/N-ethyl adjacent to an activating group) is 1. The average Bonchev–Trinajstić information content (AvgIpc) is 3.78. The predicted octanol–water partition coefficient (Wildman–Crippen LogP) is 5.12. The van der Waals surface area contributed by atoms with Crippen LogP contribution < -0.4 is 24.8 Å². The fourth-order valence-electron chi connectivity index (χ4n) is 6.24. The lowest BCUT2D eigenvalue weighted by atomic mass is 10.1. The van der Waals surface area contributed by atoms with Crippen LogP contribution in [0.1, 0.15) is 18.4 Å². The molecule has 15 heteroatoms. The highest BCUT2D eigenvalue weighted by Gasteiger charge is 2.23. The molecule has 0 spiro atoms. The fraction of sp³-hybridized carbons (Fsp3) is 0.361. The number of aryl methyl sites for hydroxylation is 1. The van der Waals surface area contributed by atoms with E-state index in [1.807, 2.05) is 24.9 Å². The number of anilines is 3. The Morgan fingerprint density at radius 1 is 1.04 bits per heavy atom. The van der Waals surface area contributed by atoms with Crippen LogP contribution in [0.15, 0.2) is 67.2 Å². The number of hydrogen-bond acceptors (Lipinski definition) is 12. The molecule has 0 bridgehead atoms.